The van der Waals surface area contributed by atoms with Crippen molar-refractivity contribution in [1.29, 1.82) is 0 Å². The molecule has 0 saturated carbocycles. The maximum absolute atomic E-state index is 8.72. The lowest BCUT2D eigenvalue weighted by atomic mass is 10.4. The van der Waals surface area contributed by atoms with Crippen LogP contribution in [0.3, 0.4) is 0 Å². The summed E-state index contributed by atoms with van der Waals surface area (Å²) in [6, 6.07) is 0.0614. The Labute approximate surface area is 67.8 Å². The Morgan fingerprint density at radius 3 is 3.00 bits per heavy atom. The van der Waals surface area contributed by atoms with E-state index in [9.17, 15) is 0 Å². The zero-order valence-electron chi connectivity index (χ0n) is 5.66. The van der Waals surface area contributed by atoms with Gasteiger partial charge < -0.3 is 5.11 Å². The van der Waals surface area contributed by atoms with Gasteiger partial charge in [-0.1, -0.05) is 0 Å². The molecule has 0 aliphatic heterocycles. The topological polar surface area (TPSA) is 38.0 Å². The number of aliphatic hydroxyl groups is 1. The SMILES string of the molecule is CC(CO)n1cc(Br)cn1. The minimum Gasteiger partial charge on any atom is -0.394 e. The third-order valence-electron chi connectivity index (χ3n) is 1.29. The molecule has 1 aromatic heterocycles. The zero-order valence-corrected chi connectivity index (χ0v) is 7.24. The van der Waals surface area contributed by atoms with Crippen molar-refractivity contribution in [1.82, 2.24) is 9.78 Å². The second-order valence-corrected chi connectivity index (χ2v) is 3.09. The van der Waals surface area contributed by atoms with Crippen LogP contribution in [0.1, 0.15) is 13.0 Å². The molecule has 10 heavy (non-hydrogen) atoms. The molecule has 0 aliphatic rings. The van der Waals surface area contributed by atoms with Crippen molar-refractivity contribution in [3.63, 3.8) is 0 Å². The Bertz CT molecular complexity index is 211. The van der Waals surface area contributed by atoms with E-state index in [0.29, 0.717) is 0 Å². The summed E-state index contributed by atoms with van der Waals surface area (Å²) in [5, 5.41) is 12.7. The van der Waals surface area contributed by atoms with Crippen molar-refractivity contribution in [2.45, 2.75) is 13.0 Å². The fraction of sp³-hybridized carbons (Fsp3) is 0.500. The van der Waals surface area contributed by atoms with E-state index in [1.807, 2.05) is 13.1 Å². The third-order valence-corrected chi connectivity index (χ3v) is 1.70. The molecule has 1 unspecified atom stereocenters. The first-order chi connectivity index (χ1) is 4.74. The Hall–Kier alpha value is -0.350. The first-order valence-corrected chi connectivity index (χ1v) is 3.84. The summed E-state index contributed by atoms with van der Waals surface area (Å²) in [5.74, 6) is 0. The zero-order chi connectivity index (χ0) is 7.56. The Morgan fingerprint density at radius 2 is 2.60 bits per heavy atom. The average molecular weight is 205 g/mol. The van der Waals surface area contributed by atoms with Crippen LogP contribution in [-0.2, 0) is 0 Å². The molecule has 3 nitrogen and oxygen atoms in total. The highest BCUT2D eigenvalue weighted by atomic mass is 79.9. The molecule has 1 rings (SSSR count). The standard InChI is InChI=1S/C6H9BrN2O/c1-5(4-10)9-3-6(7)2-8-9/h2-3,5,10H,4H2,1H3. The molecule has 4 heteroatoms. The van der Waals surface area contributed by atoms with Crippen molar-refractivity contribution in [3.05, 3.63) is 16.9 Å². The molecule has 0 saturated heterocycles. The van der Waals surface area contributed by atoms with E-state index in [4.69, 9.17) is 5.11 Å². The van der Waals surface area contributed by atoms with Gasteiger partial charge in [-0.15, -0.1) is 0 Å². The second-order valence-electron chi connectivity index (χ2n) is 2.17. The summed E-state index contributed by atoms with van der Waals surface area (Å²) < 4.78 is 2.65. The number of hydrogen-bond acceptors (Lipinski definition) is 2. The molecule has 1 aromatic rings. The van der Waals surface area contributed by atoms with Crippen LogP contribution in [0.5, 0.6) is 0 Å². The molecule has 0 radical (unpaired) electrons. The van der Waals surface area contributed by atoms with E-state index < -0.39 is 0 Å². The van der Waals surface area contributed by atoms with Crippen molar-refractivity contribution in [3.8, 4) is 0 Å². The highest BCUT2D eigenvalue weighted by Gasteiger charge is 2.02. The number of nitrogens with zero attached hydrogens (tertiary/aromatic N) is 2. The first kappa shape index (κ1) is 7.75. The fourth-order valence-corrected chi connectivity index (χ4v) is 0.941. The average Bonchev–Trinajstić information content (AvgIpc) is 2.34. The third kappa shape index (κ3) is 1.58. The molecule has 1 atom stereocenters. The Kier molecular flexibility index (Phi) is 2.45. The first-order valence-electron chi connectivity index (χ1n) is 3.04. The highest BCUT2D eigenvalue weighted by Crippen LogP contribution is 2.10. The van der Waals surface area contributed by atoms with Crippen molar-refractivity contribution < 1.29 is 5.11 Å². The quantitative estimate of drug-likeness (QED) is 0.787. The van der Waals surface area contributed by atoms with E-state index in [1.165, 1.54) is 0 Å². The lowest BCUT2D eigenvalue weighted by Crippen LogP contribution is -2.09. The van der Waals surface area contributed by atoms with Gasteiger partial charge in [0.1, 0.15) is 0 Å². The predicted octanol–water partition coefficient (Wildman–Crippen LogP) is 1.20. The molecule has 0 bridgehead atoms. The molecule has 0 fully saturated rings. The summed E-state index contributed by atoms with van der Waals surface area (Å²) in [5.41, 5.74) is 0. The van der Waals surface area contributed by atoms with Gasteiger partial charge in [0.25, 0.3) is 0 Å². The number of aromatic nitrogens is 2. The maximum atomic E-state index is 8.72. The van der Waals surface area contributed by atoms with Crippen LogP contribution >= 0.6 is 15.9 Å². The summed E-state index contributed by atoms with van der Waals surface area (Å²) in [7, 11) is 0. The number of aliphatic hydroxyl groups excluding tert-OH is 1. The smallest absolute Gasteiger partial charge is 0.0722 e. The van der Waals surface area contributed by atoms with Crippen LogP contribution in [0.15, 0.2) is 16.9 Å². The van der Waals surface area contributed by atoms with Gasteiger partial charge in [0, 0.05) is 6.20 Å². The summed E-state index contributed by atoms with van der Waals surface area (Å²) in [6.07, 6.45) is 3.53. The largest absolute Gasteiger partial charge is 0.394 e. The molecule has 0 spiro atoms. The van der Waals surface area contributed by atoms with Crippen molar-refractivity contribution in [2.75, 3.05) is 6.61 Å². The van der Waals surface area contributed by atoms with Crippen molar-refractivity contribution >= 4 is 15.9 Å². The van der Waals surface area contributed by atoms with Gasteiger partial charge in [-0.05, 0) is 22.9 Å². The molecule has 1 N–H and O–H groups in total. The normalized spacial score (nSPS) is 13.5. The van der Waals surface area contributed by atoms with Crippen LogP contribution in [0.4, 0.5) is 0 Å². The highest BCUT2D eigenvalue weighted by molar-refractivity contribution is 9.10. The predicted molar refractivity (Wildman–Crippen MR) is 41.7 cm³/mol. The molecule has 0 aromatic carbocycles. The lowest BCUT2D eigenvalue weighted by molar-refractivity contribution is 0.229. The monoisotopic (exact) mass is 204 g/mol. The Morgan fingerprint density at radius 1 is 1.90 bits per heavy atom. The molecular formula is C6H9BrN2O. The van der Waals surface area contributed by atoms with Crippen LogP contribution in [0, 0.1) is 0 Å². The van der Waals surface area contributed by atoms with Gasteiger partial charge in [-0.3, -0.25) is 4.68 Å². The van der Waals surface area contributed by atoms with Gasteiger partial charge in [-0.25, -0.2) is 0 Å². The van der Waals surface area contributed by atoms with Crippen LogP contribution in [0.2, 0.25) is 0 Å². The van der Waals surface area contributed by atoms with Gasteiger partial charge in [0.15, 0.2) is 0 Å². The molecule has 0 aliphatic carbocycles. The second kappa shape index (κ2) is 3.16. The summed E-state index contributed by atoms with van der Waals surface area (Å²) in [4.78, 5) is 0. The van der Waals surface area contributed by atoms with Crippen LogP contribution in [-0.4, -0.2) is 21.5 Å². The van der Waals surface area contributed by atoms with Gasteiger partial charge >= 0.3 is 0 Å². The molecular weight excluding hydrogens is 196 g/mol. The summed E-state index contributed by atoms with van der Waals surface area (Å²) >= 11 is 3.26. The number of rotatable bonds is 2. The van der Waals surface area contributed by atoms with E-state index in [2.05, 4.69) is 21.0 Å². The van der Waals surface area contributed by atoms with Gasteiger partial charge in [0.05, 0.1) is 23.3 Å². The van der Waals surface area contributed by atoms with Gasteiger partial charge in [-0.2, -0.15) is 5.10 Å². The summed E-state index contributed by atoms with van der Waals surface area (Å²) in [6.45, 7) is 2.02. The van der Waals surface area contributed by atoms with Crippen LogP contribution in [0.25, 0.3) is 0 Å². The lowest BCUT2D eigenvalue weighted by Gasteiger charge is -2.06. The fourth-order valence-electron chi connectivity index (χ4n) is 0.640. The van der Waals surface area contributed by atoms with E-state index in [-0.39, 0.29) is 12.6 Å². The maximum Gasteiger partial charge on any atom is 0.0722 e. The van der Waals surface area contributed by atoms with E-state index in [0.717, 1.165) is 4.47 Å². The number of halogens is 1. The molecule has 56 valence electrons. The molecule has 0 amide bonds. The van der Waals surface area contributed by atoms with E-state index in [1.54, 1.807) is 10.9 Å². The minimum absolute atomic E-state index is 0.0614. The van der Waals surface area contributed by atoms with Crippen LogP contribution < -0.4 is 0 Å². The van der Waals surface area contributed by atoms with Gasteiger partial charge in [0.2, 0.25) is 0 Å². The Balaban J connectivity index is 2.74. The van der Waals surface area contributed by atoms with Crippen molar-refractivity contribution in [2.24, 2.45) is 0 Å². The minimum atomic E-state index is 0.0614. The van der Waals surface area contributed by atoms with E-state index >= 15 is 0 Å². The molecule has 1 heterocycles. The number of hydrogen-bond donors (Lipinski definition) is 1.